The number of hydrogen-bond donors (Lipinski definition) is 2. The van der Waals surface area contributed by atoms with E-state index in [0.29, 0.717) is 17.5 Å². The number of aromatic nitrogens is 2. The van der Waals surface area contributed by atoms with E-state index < -0.39 is 0 Å². The molecule has 0 saturated carbocycles. The van der Waals surface area contributed by atoms with Crippen LogP contribution in [0.2, 0.25) is 0 Å². The normalized spacial score (nSPS) is 11.2. The lowest BCUT2D eigenvalue weighted by Gasteiger charge is -2.19. The summed E-state index contributed by atoms with van der Waals surface area (Å²) in [5.74, 6) is -0.00336. The van der Waals surface area contributed by atoms with Crippen molar-refractivity contribution in [1.82, 2.24) is 15.1 Å². The zero-order chi connectivity index (χ0) is 22.1. The van der Waals surface area contributed by atoms with Gasteiger partial charge in [0.15, 0.2) is 0 Å². The van der Waals surface area contributed by atoms with Crippen LogP contribution in [0.4, 0.5) is 5.69 Å². The number of H-pyrrole nitrogens is 1. The summed E-state index contributed by atoms with van der Waals surface area (Å²) in [5, 5.41) is 11.1. The molecule has 1 amide bonds. The Balaban J connectivity index is 1.60. The first-order chi connectivity index (χ1) is 15.1. The van der Waals surface area contributed by atoms with Gasteiger partial charge in [-0.1, -0.05) is 37.3 Å². The van der Waals surface area contributed by atoms with Crippen LogP contribution in [0.25, 0.3) is 22.0 Å². The molecule has 31 heavy (non-hydrogen) atoms. The standard InChI is InChI=1S/C24H30N4O3/c1-3-28(15-16-31-2)14-7-6-13-22(29)25-19-10-8-9-18(17-19)23-20-11-4-5-12-21(20)24(30)27-26-23/h4-5,8-12,17H,3,6-7,13-16H2,1-2H3,(H,25,29)(H,27,30). The second kappa shape index (κ2) is 11.4. The first kappa shape index (κ1) is 22.7. The number of ether oxygens (including phenoxy) is 1. The largest absolute Gasteiger partial charge is 0.383 e. The van der Waals surface area contributed by atoms with Gasteiger partial charge < -0.3 is 15.0 Å². The molecule has 7 heteroatoms. The lowest BCUT2D eigenvalue weighted by molar-refractivity contribution is -0.116. The maximum absolute atomic E-state index is 12.4. The summed E-state index contributed by atoms with van der Waals surface area (Å²) in [4.78, 5) is 26.8. The van der Waals surface area contributed by atoms with E-state index in [1.165, 1.54) is 0 Å². The molecule has 0 spiro atoms. The fraction of sp³-hybridized carbons (Fsp3) is 0.375. The summed E-state index contributed by atoms with van der Waals surface area (Å²) in [6, 6.07) is 14.9. The fourth-order valence-corrected chi connectivity index (χ4v) is 3.57. The number of nitrogens with zero attached hydrogens (tertiary/aromatic N) is 2. The third kappa shape index (κ3) is 6.23. The van der Waals surface area contributed by atoms with Crippen LogP contribution in [0.1, 0.15) is 26.2 Å². The number of amides is 1. The minimum atomic E-state index is -0.215. The second-order valence-electron chi connectivity index (χ2n) is 7.46. The van der Waals surface area contributed by atoms with E-state index in [9.17, 15) is 9.59 Å². The number of methoxy groups -OCH3 is 1. The second-order valence-corrected chi connectivity index (χ2v) is 7.46. The van der Waals surface area contributed by atoms with Crippen LogP contribution in [-0.4, -0.2) is 54.4 Å². The molecule has 0 aliphatic heterocycles. The van der Waals surface area contributed by atoms with Crippen molar-refractivity contribution in [3.63, 3.8) is 0 Å². The molecule has 0 aliphatic rings. The third-order valence-electron chi connectivity index (χ3n) is 5.30. The molecule has 0 fully saturated rings. The monoisotopic (exact) mass is 422 g/mol. The van der Waals surface area contributed by atoms with Gasteiger partial charge in [-0.2, -0.15) is 5.10 Å². The molecule has 1 aromatic heterocycles. The molecule has 164 valence electrons. The van der Waals surface area contributed by atoms with Crippen LogP contribution < -0.4 is 10.9 Å². The van der Waals surface area contributed by atoms with Crippen LogP contribution in [0.15, 0.2) is 53.3 Å². The van der Waals surface area contributed by atoms with Crippen molar-refractivity contribution in [3.8, 4) is 11.3 Å². The van der Waals surface area contributed by atoms with Gasteiger partial charge in [0, 0.05) is 36.7 Å². The molecule has 0 atom stereocenters. The summed E-state index contributed by atoms with van der Waals surface area (Å²) >= 11 is 0. The van der Waals surface area contributed by atoms with Crippen LogP contribution in [-0.2, 0) is 9.53 Å². The van der Waals surface area contributed by atoms with E-state index in [-0.39, 0.29) is 11.5 Å². The predicted molar refractivity (Wildman–Crippen MR) is 124 cm³/mol. The molecule has 1 heterocycles. The number of anilines is 1. The highest BCUT2D eigenvalue weighted by Crippen LogP contribution is 2.26. The van der Waals surface area contributed by atoms with Crippen molar-refractivity contribution < 1.29 is 9.53 Å². The van der Waals surface area contributed by atoms with Gasteiger partial charge in [0.05, 0.1) is 17.7 Å². The van der Waals surface area contributed by atoms with Crippen molar-refractivity contribution in [2.24, 2.45) is 0 Å². The Hall–Kier alpha value is -3.03. The zero-order valence-electron chi connectivity index (χ0n) is 18.2. The Morgan fingerprint density at radius 3 is 2.68 bits per heavy atom. The predicted octanol–water partition coefficient (Wildman–Crippen LogP) is 3.67. The minimum absolute atomic E-state index is 0.00336. The summed E-state index contributed by atoms with van der Waals surface area (Å²) in [6.45, 7) is 5.72. The van der Waals surface area contributed by atoms with E-state index in [0.717, 1.165) is 55.7 Å². The summed E-state index contributed by atoms with van der Waals surface area (Å²) < 4.78 is 5.13. The summed E-state index contributed by atoms with van der Waals surface area (Å²) in [7, 11) is 1.71. The highest BCUT2D eigenvalue weighted by Gasteiger charge is 2.10. The Morgan fingerprint density at radius 2 is 1.90 bits per heavy atom. The van der Waals surface area contributed by atoms with E-state index in [1.807, 2.05) is 42.5 Å². The van der Waals surface area contributed by atoms with Crippen molar-refractivity contribution in [2.45, 2.75) is 26.2 Å². The van der Waals surface area contributed by atoms with Gasteiger partial charge in [0.2, 0.25) is 5.91 Å². The van der Waals surface area contributed by atoms with Gasteiger partial charge >= 0.3 is 0 Å². The van der Waals surface area contributed by atoms with E-state index in [4.69, 9.17) is 4.74 Å². The van der Waals surface area contributed by atoms with Crippen LogP contribution in [0.5, 0.6) is 0 Å². The number of carbonyl (C=O) groups excluding carboxylic acids is 1. The highest BCUT2D eigenvalue weighted by molar-refractivity contribution is 5.95. The van der Waals surface area contributed by atoms with E-state index >= 15 is 0 Å². The first-order valence-corrected chi connectivity index (χ1v) is 10.7. The maximum atomic E-state index is 12.4. The molecular formula is C24H30N4O3. The Labute approximate surface area is 182 Å². The van der Waals surface area contributed by atoms with Gasteiger partial charge in [-0.3, -0.25) is 9.59 Å². The van der Waals surface area contributed by atoms with Crippen molar-refractivity contribution in [3.05, 3.63) is 58.9 Å². The number of nitrogens with one attached hydrogen (secondary N) is 2. The van der Waals surface area contributed by atoms with Crippen LogP contribution in [0, 0.1) is 0 Å². The number of likely N-dealkylation sites (N-methyl/N-ethyl adjacent to an activating group) is 1. The smallest absolute Gasteiger partial charge is 0.272 e. The number of rotatable bonds is 11. The topological polar surface area (TPSA) is 87.3 Å². The maximum Gasteiger partial charge on any atom is 0.272 e. The summed E-state index contributed by atoms with van der Waals surface area (Å²) in [6.07, 6.45) is 2.28. The first-order valence-electron chi connectivity index (χ1n) is 10.7. The molecular weight excluding hydrogens is 392 g/mol. The van der Waals surface area contributed by atoms with Crippen molar-refractivity contribution >= 4 is 22.4 Å². The van der Waals surface area contributed by atoms with Crippen LogP contribution >= 0.6 is 0 Å². The Morgan fingerprint density at radius 1 is 1.10 bits per heavy atom. The molecule has 7 nitrogen and oxygen atoms in total. The van der Waals surface area contributed by atoms with Crippen molar-refractivity contribution in [1.29, 1.82) is 0 Å². The van der Waals surface area contributed by atoms with E-state index in [1.54, 1.807) is 13.2 Å². The number of benzene rings is 2. The lowest BCUT2D eigenvalue weighted by atomic mass is 10.0. The lowest BCUT2D eigenvalue weighted by Crippen LogP contribution is -2.28. The van der Waals surface area contributed by atoms with Gasteiger partial charge in [0.25, 0.3) is 5.56 Å². The summed E-state index contributed by atoms with van der Waals surface area (Å²) in [5.41, 5.74) is 2.02. The van der Waals surface area contributed by atoms with Gasteiger partial charge in [-0.15, -0.1) is 0 Å². The number of fused-ring (bicyclic) bond motifs is 1. The molecule has 2 N–H and O–H groups in total. The Bertz CT molecular complexity index is 1060. The van der Waals surface area contributed by atoms with Gasteiger partial charge in [-0.25, -0.2) is 5.10 Å². The van der Waals surface area contributed by atoms with E-state index in [2.05, 4.69) is 27.3 Å². The average molecular weight is 423 g/mol. The molecule has 3 rings (SSSR count). The number of unbranched alkanes of at least 4 members (excludes halogenated alkanes) is 1. The van der Waals surface area contributed by atoms with Crippen molar-refractivity contribution in [2.75, 3.05) is 38.7 Å². The fourth-order valence-electron chi connectivity index (χ4n) is 3.57. The number of carbonyl (C=O) groups is 1. The third-order valence-corrected chi connectivity index (χ3v) is 5.30. The highest BCUT2D eigenvalue weighted by atomic mass is 16.5. The average Bonchev–Trinajstić information content (AvgIpc) is 2.79. The molecule has 0 unspecified atom stereocenters. The molecule has 0 saturated heterocycles. The Kier molecular flexibility index (Phi) is 8.32. The van der Waals surface area contributed by atoms with Gasteiger partial charge in [-0.05, 0) is 44.1 Å². The molecule has 3 aromatic rings. The number of hydrogen-bond acceptors (Lipinski definition) is 5. The molecule has 0 radical (unpaired) electrons. The zero-order valence-corrected chi connectivity index (χ0v) is 18.2. The number of aromatic amines is 1. The SMILES string of the molecule is CCN(CCCCC(=O)Nc1cccc(-c2n[nH]c(=O)c3ccccc23)c1)CCOC. The molecule has 0 bridgehead atoms. The van der Waals surface area contributed by atoms with Crippen LogP contribution in [0.3, 0.4) is 0 Å². The van der Waals surface area contributed by atoms with Gasteiger partial charge in [0.1, 0.15) is 0 Å². The quantitative estimate of drug-likeness (QED) is 0.461. The minimum Gasteiger partial charge on any atom is -0.383 e. The molecule has 0 aliphatic carbocycles. The molecule has 2 aromatic carbocycles.